The average molecular weight is 390 g/mol. The topological polar surface area (TPSA) is 66.2 Å². The van der Waals surface area contributed by atoms with E-state index in [1.807, 2.05) is 11.6 Å². The Morgan fingerprint density at radius 1 is 1.33 bits per heavy atom. The Kier molecular flexibility index (Phi) is 7.20. The molecule has 9 heteroatoms. The second kappa shape index (κ2) is 9.15. The van der Waals surface area contributed by atoms with E-state index in [4.69, 9.17) is 27.9 Å². The van der Waals surface area contributed by atoms with Crippen molar-refractivity contribution in [3.63, 3.8) is 0 Å². The number of hydrogen-bond acceptors (Lipinski definition) is 6. The van der Waals surface area contributed by atoms with Crippen LogP contribution in [0.1, 0.15) is 12.2 Å². The Bertz CT molecular complexity index is 709. The fourth-order valence-electron chi connectivity index (χ4n) is 1.88. The van der Waals surface area contributed by atoms with Crippen LogP contribution in [0.4, 0.5) is 0 Å². The maximum absolute atomic E-state index is 11.2. The minimum absolute atomic E-state index is 0.209. The molecule has 0 bridgehead atoms. The second-order valence-electron chi connectivity index (χ2n) is 4.85. The molecule has 0 spiro atoms. The van der Waals surface area contributed by atoms with Gasteiger partial charge in [-0.2, -0.15) is 0 Å². The van der Waals surface area contributed by atoms with Crippen LogP contribution in [0.15, 0.2) is 23.4 Å². The first-order valence-electron chi connectivity index (χ1n) is 7.17. The largest absolute Gasteiger partial charge is 0.492 e. The molecule has 0 N–H and O–H groups in total. The van der Waals surface area contributed by atoms with Crippen molar-refractivity contribution in [1.29, 1.82) is 0 Å². The van der Waals surface area contributed by atoms with Crippen LogP contribution in [0.3, 0.4) is 0 Å². The van der Waals surface area contributed by atoms with Crippen LogP contribution < -0.4 is 4.74 Å². The van der Waals surface area contributed by atoms with E-state index in [1.165, 1.54) is 18.9 Å². The zero-order valence-electron chi connectivity index (χ0n) is 13.3. The number of esters is 1. The molecule has 6 nitrogen and oxygen atoms in total. The first-order valence-corrected chi connectivity index (χ1v) is 8.91. The van der Waals surface area contributed by atoms with Gasteiger partial charge >= 0.3 is 5.97 Å². The summed E-state index contributed by atoms with van der Waals surface area (Å²) in [6, 6.07) is 5.12. The van der Waals surface area contributed by atoms with E-state index < -0.39 is 0 Å². The molecule has 0 atom stereocenters. The van der Waals surface area contributed by atoms with Gasteiger partial charge in [-0.05, 0) is 24.6 Å². The quantitative estimate of drug-likeness (QED) is 0.391. The van der Waals surface area contributed by atoms with Crippen LogP contribution in [0.25, 0.3) is 0 Å². The van der Waals surface area contributed by atoms with Gasteiger partial charge in [-0.25, -0.2) is 0 Å². The summed E-state index contributed by atoms with van der Waals surface area (Å²) in [4.78, 5) is 11.2. The number of aromatic nitrogens is 3. The molecule has 2 rings (SSSR count). The van der Waals surface area contributed by atoms with Gasteiger partial charge in [0.25, 0.3) is 0 Å². The molecular weight excluding hydrogens is 373 g/mol. The molecule has 0 aliphatic rings. The Balaban J connectivity index is 1.80. The summed E-state index contributed by atoms with van der Waals surface area (Å²) in [6.07, 6.45) is 1.46. The van der Waals surface area contributed by atoms with E-state index in [-0.39, 0.29) is 11.7 Å². The molecular formula is C15H17Cl2N3O3S. The summed E-state index contributed by atoms with van der Waals surface area (Å²) in [6.45, 7) is 0.499. The van der Waals surface area contributed by atoms with Crippen molar-refractivity contribution in [2.45, 2.75) is 18.0 Å². The van der Waals surface area contributed by atoms with E-state index in [1.54, 1.807) is 18.2 Å². The van der Waals surface area contributed by atoms with Crippen molar-refractivity contribution in [3.8, 4) is 5.75 Å². The number of thioether (sulfide) groups is 1. The maximum atomic E-state index is 11.2. The van der Waals surface area contributed by atoms with Crippen LogP contribution in [-0.2, 0) is 23.0 Å². The van der Waals surface area contributed by atoms with Crippen molar-refractivity contribution in [2.75, 3.05) is 19.5 Å². The zero-order chi connectivity index (χ0) is 17.5. The highest BCUT2D eigenvalue weighted by molar-refractivity contribution is 7.99. The molecule has 0 radical (unpaired) electrons. The highest BCUT2D eigenvalue weighted by Crippen LogP contribution is 2.27. The van der Waals surface area contributed by atoms with Gasteiger partial charge in [-0.1, -0.05) is 35.0 Å². The molecule has 24 heavy (non-hydrogen) atoms. The Morgan fingerprint density at radius 3 is 2.83 bits per heavy atom. The third-order valence-electron chi connectivity index (χ3n) is 3.17. The molecule has 0 saturated heterocycles. The molecule has 0 aliphatic heterocycles. The van der Waals surface area contributed by atoms with Gasteiger partial charge in [-0.3, -0.25) is 4.79 Å². The van der Waals surface area contributed by atoms with E-state index >= 15 is 0 Å². The summed E-state index contributed by atoms with van der Waals surface area (Å²) in [5.74, 6) is 1.35. The Labute approximate surface area is 154 Å². The predicted octanol–water partition coefficient (Wildman–Crippen LogP) is 3.40. The van der Waals surface area contributed by atoms with Gasteiger partial charge in [0.2, 0.25) is 0 Å². The minimum atomic E-state index is -0.294. The average Bonchev–Trinajstić information content (AvgIpc) is 2.91. The third kappa shape index (κ3) is 5.29. The lowest BCUT2D eigenvalue weighted by Gasteiger charge is -2.08. The van der Waals surface area contributed by atoms with Gasteiger partial charge in [0.1, 0.15) is 11.6 Å². The molecule has 0 amide bonds. The fraction of sp³-hybridized carbons (Fsp3) is 0.400. The maximum Gasteiger partial charge on any atom is 0.316 e. The van der Waals surface area contributed by atoms with Gasteiger partial charge in [0.05, 0.1) is 24.5 Å². The molecule has 2 aromatic rings. The zero-order valence-corrected chi connectivity index (χ0v) is 15.6. The molecule has 1 aromatic carbocycles. The lowest BCUT2D eigenvalue weighted by Crippen LogP contribution is -2.06. The van der Waals surface area contributed by atoms with Crippen LogP contribution in [-0.4, -0.2) is 40.2 Å². The number of nitrogens with zero attached hydrogens (tertiary/aromatic N) is 3. The number of methoxy groups -OCH3 is 1. The van der Waals surface area contributed by atoms with E-state index in [9.17, 15) is 4.79 Å². The SMILES string of the molecule is COC(=O)CSc1nnc(CCCOc2ccc(Cl)cc2Cl)n1C. The second-order valence-corrected chi connectivity index (χ2v) is 6.64. The fourth-order valence-corrected chi connectivity index (χ4v) is 3.10. The molecule has 0 unspecified atom stereocenters. The predicted molar refractivity (Wildman–Crippen MR) is 94.0 cm³/mol. The Morgan fingerprint density at radius 2 is 2.12 bits per heavy atom. The minimum Gasteiger partial charge on any atom is -0.492 e. The highest BCUT2D eigenvalue weighted by Gasteiger charge is 2.11. The Hall–Kier alpha value is -1.44. The number of benzene rings is 1. The van der Waals surface area contributed by atoms with Gasteiger partial charge in [-0.15, -0.1) is 10.2 Å². The highest BCUT2D eigenvalue weighted by atomic mass is 35.5. The number of carbonyl (C=O) groups is 1. The van der Waals surface area contributed by atoms with E-state index in [0.717, 1.165) is 12.2 Å². The molecule has 0 fully saturated rings. The van der Waals surface area contributed by atoms with Crippen LogP contribution in [0.2, 0.25) is 10.0 Å². The van der Waals surface area contributed by atoms with Crippen molar-refractivity contribution in [1.82, 2.24) is 14.8 Å². The van der Waals surface area contributed by atoms with Crippen molar-refractivity contribution >= 4 is 40.9 Å². The van der Waals surface area contributed by atoms with Gasteiger partial charge < -0.3 is 14.0 Å². The molecule has 0 saturated carbocycles. The lowest BCUT2D eigenvalue weighted by molar-refractivity contribution is -0.137. The number of hydrogen-bond donors (Lipinski definition) is 0. The number of ether oxygens (including phenoxy) is 2. The lowest BCUT2D eigenvalue weighted by atomic mass is 10.3. The summed E-state index contributed by atoms with van der Waals surface area (Å²) >= 11 is 13.2. The number of halogens is 2. The number of carbonyl (C=O) groups excluding carboxylic acids is 1. The standard InChI is InChI=1S/C15H17Cl2N3O3S/c1-20-13(18-19-15(20)24-9-14(21)22-2)4-3-7-23-12-6-5-10(16)8-11(12)17/h5-6,8H,3-4,7,9H2,1-2H3. The van der Waals surface area contributed by atoms with Crippen LogP contribution in [0.5, 0.6) is 5.75 Å². The monoisotopic (exact) mass is 389 g/mol. The van der Waals surface area contributed by atoms with Crippen molar-refractivity contribution < 1.29 is 14.3 Å². The van der Waals surface area contributed by atoms with Crippen LogP contribution in [0, 0.1) is 0 Å². The smallest absolute Gasteiger partial charge is 0.316 e. The number of aryl methyl sites for hydroxylation is 1. The number of rotatable bonds is 8. The molecule has 1 heterocycles. The van der Waals surface area contributed by atoms with E-state index in [2.05, 4.69) is 14.9 Å². The summed E-state index contributed by atoms with van der Waals surface area (Å²) in [5.41, 5.74) is 0. The van der Waals surface area contributed by atoms with Gasteiger partial charge in [0, 0.05) is 18.5 Å². The summed E-state index contributed by atoms with van der Waals surface area (Å²) < 4.78 is 12.1. The summed E-state index contributed by atoms with van der Waals surface area (Å²) in [5, 5.41) is 9.95. The first kappa shape index (κ1) is 18.9. The normalized spacial score (nSPS) is 10.7. The van der Waals surface area contributed by atoms with E-state index in [0.29, 0.717) is 34.0 Å². The van der Waals surface area contributed by atoms with Crippen molar-refractivity contribution in [2.24, 2.45) is 7.05 Å². The van der Waals surface area contributed by atoms with Gasteiger partial charge in [0.15, 0.2) is 5.16 Å². The molecule has 130 valence electrons. The molecule has 1 aromatic heterocycles. The summed E-state index contributed by atoms with van der Waals surface area (Å²) in [7, 11) is 3.23. The molecule has 0 aliphatic carbocycles. The van der Waals surface area contributed by atoms with Crippen molar-refractivity contribution in [3.05, 3.63) is 34.1 Å². The van der Waals surface area contributed by atoms with Crippen LogP contribution >= 0.6 is 35.0 Å². The first-order chi connectivity index (χ1) is 11.5. The third-order valence-corrected chi connectivity index (χ3v) is 4.69.